The SMILES string of the molecule is C[C@H](N[C@@H](Cc1ccc(Cl)cc1)c1ccccc1)C(=O)NC(N)=O. The van der Waals surface area contributed by atoms with Crippen LogP contribution in [0, 0.1) is 0 Å². The number of nitrogens with two attached hydrogens (primary N) is 1. The van der Waals surface area contributed by atoms with Crippen LogP contribution in [0.1, 0.15) is 24.1 Å². The van der Waals surface area contributed by atoms with Gasteiger partial charge in [0.1, 0.15) is 0 Å². The Morgan fingerprint density at radius 1 is 1.08 bits per heavy atom. The molecule has 0 aromatic heterocycles. The molecule has 0 unspecified atom stereocenters. The van der Waals surface area contributed by atoms with Crippen LogP contribution in [0.4, 0.5) is 4.79 Å². The van der Waals surface area contributed by atoms with Crippen LogP contribution in [0.2, 0.25) is 5.02 Å². The van der Waals surface area contributed by atoms with Gasteiger partial charge < -0.3 is 5.73 Å². The highest BCUT2D eigenvalue weighted by atomic mass is 35.5. The highest BCUT2D eigenvalue weighted by Gasteiger charge is 2.20. The topological polar surface area (TPSA) is 84.2 Å². The van der Waals surface area contributed by atoms with E-state index in [1.807, 2.05) is 54.6 Å². The number of benzene rings is 2. The number of carbonyl (C=O) groups excluding carboxylic acids is 2. The van der Waals surface area contributed by atoms with E-state index in [4.69, 9.17) is 17.3 Å². The lowest BCUT2D eigenvalue weighted by molar-refractivity contribution is -0.121. The smallest absolute Gasteiger partial charge is 0.318 e. The van der Waals surface area contributed by atoms with Crippen molar-refractivity contribution in [3.8, 4) is 0 Å². The minimum Gasteiger partial charge on any atom is -0.351 e. The van der Waals surface area contributed by atoms with Gasteiger partial charge in [-0.15, -0.1) is 0 Å². The van der Waals surface area contributed by atoms with E-state index in [0.717, 1.165) is 11.1 Å². The fourth-order valence-corrected chi connectivity index (χ4v) is 2.55. The Morgan fingerprint density at radius 2 is 1.71 bits per heavy atom. The Kier molecular flexibility index (Phi) is 6.35. The minimum absolute atomic E-state index is 0.0963. The van der Waals surface area contributed by atoms with Crippen LogP contribution in [0.15, 0.2) is 54.6 Å². The first-order valence-corrected chi connectivity index (χ1v) is 7.99. The fraction of sp³-hybridized carbons (Fsp3) is 0.222. The zero-order valence-electron chi connectivity index (χ0n) is 13.3. The van der Waals surface area contributed by atoms with E-state index in [9.17, 15) is 9.59 Å². The maximum absolute atomic E-state index is 11.9. The third-order valence-electron chi connectivity index (χ3n) is 3.65. The van der Waals surface area contributed by atoms with Gasteiger partial charge in [-0.2, -0.15) is 0 Å². The number of hydrogen-bond acceptors (Lipinski definition) is 3. The van der Waals surface area contributed by atoms with Crippen molar-refractivity contribution in [3.63, 3.8) is 0 Å². The highest BCUT2D eigenvalue weighted by Crippen LogP contribution is 2.20. The molecule has 0 saturated heterocycles. The third kappa shape index (κ3) is 5.37. The van der Waals surface area contributed by atoms with Crippen molar-refractivity contribution < 1.29 is 9.59 Å². The van der Waals surface area contributed by atoms with Crippen LogP contribution in [0.5, 0.6) is 0 Å². The van der Waals surface area contributed by atoms with Crippen molar-refractivity contribution >= 4 is 23.5 Å². The number of amides is 3. The lowest BCUT2D eigenvalue weighted by Crippen LogP contribution is -2.47. The van der Waals surface area contributed by atoms with Gasteiger partial charge in [0, 0.05) is 11.1 Å². The molecular formula is C18H20ClN3O2. The maximum atomic E-state index is 11.9. The van der Waals surface area contributed by atoms with Gasteiger partial charge in [0.25, 0.3) is 0 Å². The van der Waals surface area contributed by atoms with Crippen LogP contribution in [-0.2, 0) is 11.2 Å². The predicted molar refractivity (Wildman–Crippen MR) is 94.7 cm³/mol. The molecule has 0 aliphatic heterocycles. The quantitative estimate of drug-likeness (QED) is 0.752. The highest BCUT2D eigenvalue weighted by molar-refractivity contribution is 6.30. The summed E-state index contributed by atoms with van der Waals surface area (Å²) in [5.74, 6) is -0.459. The molecular weight excluding hydrogens is 326 g/mol. The van der Waals surface area contributed by atoms with Gasteiger partial charge in [0.15, 0.2) is 0 Å². The molecule has 6 heteroatoms. The van der Waals surface area contributed by atoms with Gasteiger partial charge in [-0.1, -0.05) is 54.1 Å². The largest absolute Gasteiger partial charge is 0.351 e. The second-order valence-electron chi connectivity index (χ2n) is 5.54. The summed E-state index contributed by atoms with van der Waals surface area (Å²) in [6.45, 7) is 1.69. The number of hydrogen-bond donors (Lipinski definition) is 3. The zero-order valence-corrected chi connectivity index (χ0v) is 14.1. The van der Waals surface area contributed by atoms with Gasteiger partial charge in [0.05, 0.1) is 6.04 Å². The molecule has 4 N–H and O–H groups in total. The number of carbonyl (C=O) groups is 2. The van der Waals surface area contributed by atoms with Crippen molar-refractivity contribution in [2.75, 3.05) is 0 Å². The maximum Gasteiger partial charge on any atom is 0.318 e. The molecule has 0 heterocycles. The molecule has 2 atom stereocenters. The Labute approximate surface area is 146 Å². The van der Waals surface area contributed by atoms with E-state index in [1.165, 1.54) is 0 Å². The first-order chi connectivity index (χ1) is 11.5. The molecule has 2 rings (SSSR count). The zero-order chi connectivity index (χ0) is 17.5. The van der Waals surface area contributed by atoms with E-state index >= 15 is 0 Å². The van der Waals surface area contributed by atoms with Crippen LogP contribution in [-0.4, -0.2) is 18.0 Å². The number of primary amides is 1. The van der Waals surface area contributed by atoms with Crippen LogP contribution < -0.4 is 16.4 Å². The van der Waals surface area contributed by atoms with Crippen LogP contribution in [0.3, 0.4) is 0 Å². The van der Waals surface area contributed by atoms with E-state index in [-0.39, 0.29) is 6.04 Å². The number of rotatable bonds is 6. The van der Waals surface area contributed by atoms with Gasteiger partial charge >= 0.3 is 6.03 Å². The lowest BCUT2D eigenvalue weighted by Gasteiger charge is -2.23. The minimum atomic E-state index is -0.859. The molecule has 0 radical (unpaired) electrons. The number of nitrogens with one attached hydrogen (secondary N) is 2. The van der Waals surface area contributed by atoms with Crippen LogP contribution >= 0.6 is 11.6 Å². The van der Waals surface area contributed by atoms with E-state index in [0.29, 0.717) is 11.4 Å². The van der Waals surface area contributed by atoms with E-state index in [2.05, 4.69) is 10.6 Å². The fourth-order valence-electron chi connectivity index (χ4n) is 2.42. The summed E-state index contributed by atoms with van der Waals surface area (Å²) in [5, 5.41) is 6.02. The molecule has 0 aliphatic rings. The molecule has 0 spiro atoms. The molecule has 2 aromatic carbocycles. The summed E-state index contributed by atoms with van der Waals surface area (Å²) >= 11 is 5.93. The predicted octanol–water partition coefficient (Wildman–Crippen LogP) is 2.80. The monoisotopic (exact) mass is 345 g/mol. The first-order valence-electron chi connectivity index (χ1n) is 7.61. The van der Waals surface area contributed by atoms with Crippen molar-refractivity contribution in [1.29, 1.82) is 0 Å². The molecule has 0 fully saturated rings. The number of urea groups is 1. The van der Waals surface area contributed by atoms with E-state index < -0.39 is 18.0 Å². The normalized spacial score (nSPS) is 13.1. The van der Waals surface area contributed by atoms with Crippen LogP contribution in [0.25, 0.3) is 0 Å². The van der Waals surface area contributed by atoms with Crippen molar-refractivity contribution in [3.05, 3.63) is 70.7 Å². The molecule has 5 nitrogen and oxygen atoms in total. The molecule has 24 heavy (non-hydrogen) atoms. The van der Waals surface area contributed by atoms with Crippen molar-refractivity contribution in [1.82, 2.24) is 10.6 Å². The molecule has 0 aliphatic carbocycles. The van der Waals surface area contributed by atoms with Crippen molar-refractivity contribution in [2.45, 2.75) is 25.4 Å². The lowest BCUT2D eigenvalue weighted by atomic mass is 9.98. The summed E-state index contributed by atoms with van der Waals surface area (Å²) in [4.78, 5) is 22.8. The second-order valence-corrected chi connectivity index (χ2v) is 5.97. The Morgan fingerprint density at radius 3 is 2.29 bits per heavy atom. The molecule has 0 bridgehead atoms. The average Bonchev–Trinajstić information content (AvgIpc) is 2.56. The Hall–Kier alpha value is -2.37. The Balaban J connectivity index is 2.15. The van der Waals surface area contributed by atoms with Gasteiger partial charge in [-0.05, 0) is 36.6 Å². The third-order valence-corrected chi connectivity index (χ3v) is 3.90. The van der Waals surface area contributed by atoms with Gasteiger partial charge in [-0.3, -0.25) is 15.4 Å². The summed E-state index contributed by atoms with van der Waals surface area (Å²) < 4.78 is 0. The summed E-state index contributed by atoms with van der Waals surface area (Å²) in [6.07, 6.45) is 0.676. The van der Waals surface area contributed by atoms with Crippen molar-refractivity contribution in [2.24, 2.45) is 5.73 Å². The summed E-state index contributed by atoms with van der Waals surface area (Å²) in [6, 6.07) is 15.9. The molecule has 3 amide bonds. The Bertz CT molecular complexity index is 689. The molecule has 2 aromatic rings. The van der Waals surface area contributed by atoms with E-state index in [1.54, 1.807) is 6.92 Å². The first kappa shape index (κ1) is 18.0. The molecule has 126 valence electrons. The second kappa shape index (κ2) is 8.47. The van der Waals surface area contributed by atoms with Gasteiger partial charge in [-0.25, -0.2) is 4.79 Å². The van der Waals surface area contributed by atoms with Gasteiger partial charge in [0.2, 0.25) is 5.91 Å². The summed E-state index contributed by atoms with van der Waals surface area (Å²) in [5.41, 5.74) is 7.13. The number of halogens is 1. The summed E-state index contributed by atoms with van der Waals surface area (Å²) in [7, 11) is 0. The number of imide groups is 1. The average molecular weight is 346 g/mol. The molecule has 0 saturated carbocycles. The standard InChI is InChI=1S/C18H20ClN3O2/c1-12(17(23)22-18(20)24)21-16(14-5-3-2-4-6-14)11-13-7-9-15(19)10-8-13/h2-10,12,16,21H,11H2,1H3,(H3,20,22,23,24)/t12-,16-/m0/s1.